The molecule has 4 aromatic rings. The average molecular weight is 430 g/mol. The van der Waals surface area contributed by atoms with E-state index in [2.05, 4.69) is 11.4 Å². The molecular weight excluding hydrogens is 414 g/mol. The lowest BCUT2D eigenvalue weighted by Gasteiger charge is -2.13. The molecule has 1 aromatic heterocycles. The summed E-state index contributed by atoms with van der Waals surface area (Å²) in [5.41, 5.74) is 3.43. The van der Waals surface area contributed by atoms with Crippen LogP contribution in [0, 0.1) is 18.3 Å². The van der Waals surface area contributed by atoms with Crippen molar-refractivity contribution in [1.29, 1.82) is 5.26 Å². The van der Waals surface area contributed by atoms with E-state index in [4.69, 9.17) is 16.6 Å². The van der Waals surface area contributed by atoms with Gasteiger partial charge in [0.1, 0.15) is 11.1 Å². The molecule has 0 atom stereocenters. The molecule has 0 unspecified atom stereocenters. The van der Waals surface area contributed by atoms with Gasteiger partial charge in [-0.25, -0.2) is 4.98 Å². The Morgan fingerprint density at radius 2 is 1.73 bits per heavy atom. The molecule has 0 saturated heterocycles. The fourth-order valence-electron chi connectivity index (χ4n) is 3.11. The molecule has 0 radical (unpaired) electrons. The lowest BCUT2D eigenvalue weighted by Crippen LogP contribution is -2.12. The number of benzene rings is 3. The Bertz CT molecular complexity index is 1300. The number of nitrogens with one attached hydrogen (secondary N) is 1. The molecule has 1 heterocycles. The highest BCUT2D eigenvalue weighted by Crippen LogP contribution is 2.37. The van der Waals surface area contributed by atoms with Crippen molar-refractivity contribution < 1.29 is 4.79 Å². The molecule has 146 valence electrons. The highest BCUT2D eigenvalue weighted by molar-refractivity contribution is 7.99. The molecule has 0 saturated carbocycles. The largest absolute Gasteiger partial charge is 0.321 e. The van der Waals surface area contributed by atoms with Crippen LogP contribution in [0.4, 0.5) is 5.69 Å². The quantitative estimate of drug-likeness (QED) is 0.403. The molecule has 0 spiro atoms. The van der Waals surface area contributed by atoms with Crippen LogP contribution in [0.1, 0.15) is 21.5 Å². The highest BCUT2D eigenvalue weighted by atomic mass is 35.5. The van der Waals surface area contributed by atoms with Crippen LogP contribution >= 0.6 is 23.4 Å². The second-order valence-electron chi connectivity index (χ2n) is 6.61. The van der Waals surface area contributed by atoms with Crippen molar-refractivity contribution in [3.63, 3.8) is 0 Å². The fourth-order valence-corrected chi connectivity index (χ4v) is 4.27. The van der Waals surface area contributed by atoms with E-state index in [0.29, 0.717) is 26.9 Å². The van der Waals surface area contributed by atoms with Crippen LogP contribution in [0.3, 0.4) is 0 Å². The number of pyridine rings is 1. The van der Waals surface area contributed by atoms with Gasteiger partial charge in [-0.2, -0.15) is 5.26 Å². The number of nitriles is 1. The van der Waals surface area contributed by atoms with Gasteiger partial charge >= 0.3 is 0 Å². The van der Waals surface area contributed by atoms with Gasteiger partial charge < -0.3 is 5.32 Å². The second-order valence-corrected chi connectivity index (χ2v) is 8.07. The Labute approximate surface area is 183 Å². The molecule has 3 aromatic carbocycles. The Morgan fingerprint density at radius 1 is 1.03 bits per heavy atom. The number of carbonyl (C=O) groups excluding carboxylic acids is 1. The zero-order chi connectivity index (χ0) is 21.1. The number of para-hydroxylation sites is 2. The third-order valence-corrected chi connectivity index (χ3v) is 6.00. The summed E-state index contributed by atoms with van der Waals surface area (Å²) < 4.78 is 0. The van der Waals surface area contributed by atoms with Crippen molar-refractivity contribution >= 4 is 45.9 Å². The molecule has 4 nitrogen and oxygen atoms in total. The van der Waals surface area contributed by atoms with E-state index < -0.39 is 0 Å². The lowest BCUT2D eigenvalue weighted by atomic mass is 10.1. The van der Waals surface area contributed by atoms with Crippen molar-refractivity contribution in [3.05, 3.63) is 94.5 Å². The molecule has 0 bridgehead atoms. The Kier molecular flexibility index (Phi) is 5.71. The van der Waals surface area contributed by atoms with Gasteiger partial charge in [-0.05, 0) is 55.0 Å². The van der Waals surface area contributed by atoms with Crippen molar-refractivity contribution in [3.8, 4) is 6.07 Å². The Balaban J connectivity index is 1.69. The van der Waals surface area contributed by atoms with E-state index in [9.17, 15) is 10.1 Å². The number of nitrogens with zero attached hydrogens (tertiary/aromatic N) is 2. The van der Waals surface area contributed by atoms with Gasteiger partial charge in [-0.3, -0.25) is 4.79 Å². The first-order valence-corrected chi connectivity index (χ1v) is 10.4. The van der Waals surface area contributed by atoms with E-state index >= 15 is 0 Å². The highest BCUT2D eigenvalue weighted by Gasteiger charge is 2.16. The van der Waals surface area contributed by atoms with Gasteiger partial charge in [0.25, 0.3) is 5.91 Å². The number of aromatic nitrogens is 1. The fraction of sp³-hybridized carbons (Fsp3) is 0.0417. The molecule has 1 amide bonds. The van der Waals surface area contributed by atoms with Crippen LogP contribution in [0.15, 0.2) is 82.7 Å². The zero-order valence-electron chi connectivity index (χ0n) is 16.0. The Morgan fingerprint density at radius 3 is 2.50 bits per heavy atom. The van der Waals surface area contributed by atoms with Crippen molar-refractivity contribution in [2.45, 2.75) is 16.8 Å². The minimum atomic E-state index is -0.233. The van der Waals surface area contributed by atoms with E-state index in [1.54, 1.807) is 24.3 Å². The van der Waals surface area contributed by atoms with E-state index in [-0.39, 0.29) is 5.91 Å². The normalized spacial score (nSPS) is 10.6. The maximum atomic E-state index is 12.7. The summed E-state index contributed by atoms with van der Waals surface area (Å²) in [5, 5.41) is 14.8. The first kappa shape index (κ1) is 20.0. The number of hydrogen-bond donors (Lipinski definition) is 1. The van der Waals surface area contributed by atoms with Gasteiger partial charge in [0.05, 0.1) is 16.8 Å². The molecule has 0 aliphatic heterocycles. The molecule has 0 aliphatic carbocycles. The van der Waals surface area contributed by atoms with Crippen molar-refractivity contribution in [2.75, 3.05) is 5.32 Å². The number of anilines is 1. The van der Waals surface area contributed by atoms with Crippen LogP contribution in [-0.2, 0) is 0 Å². The van der Waals surface area contributed by atoms with Crippen LogP contribution in [0.25, 0.3) is 10.9 Å². The number of aryl methyl sites for hydroxylation is 1. The molecule has 0 aliphatic rings. The summed E-state index contributed by atoms with van der Waals surface area (Å²) >= 11 is 7.27. The van der Waals surface area contributed by atoms with Crippen LogP contribution in [-0.4, -0.2) is 10.9 Å². The summed E-state index contributed by atoms with van der Waals surface area (Å²) in [6.45, 7) is 1.93. The average Bonchev–Trinajstić information content (AvgIpc) is 2.76. The smallest absolute Gasteiger partial charge is 0.255 e. The molecule has 6 heteroatoms. The summed E-state index contributed by atoms with van der Waals surface area (Å²) in [7, 11) is 0. The standard InChI is InChI=1S/C24H16ClN3OS/c1-15-18-6-2-3-7-20(18)28-24(19(15)14-26)30-22-9-5-4-8-21(22)27-23(29)16-10-12-17(25)13-11-16/h2-13H,1H3,(H,27,29). The topological polar surface area (TPSA) is 65.8 Å². The lowest BCUT2D eigenvalue weighted by molar-refractivity contribution is 0.102. The molecular formula is C24H16ClN3OS. The van der Waals surface area contributed by atoms with E-state index in [1.165, 1.54) is 11.8 Å². The summed E-state index contributed by atoms with van der Waals surface area (Å²) in [6, 6.07) is 24.2. The summed E-state index contributed by atoms with van der Waals surface area (Å²) in [5.74, 6) is -0.233. The predicted octanol–water partition coefficient (Wildman–Crippen LogP) is 6.47. The first-order valence-electron chi connectivity index (χ1n) is 9.20. The zero-order valence-corrected chi connectivity index (χ0v) is 17.6. The number of hydrogen-bond acceptors (Lipinski definition) is 4. The monoisotopic (exact) mass is 429 g/mol. The van der Waals surface area contributed by atoms with Crippen molar-refractivity contribution in [2.24, 2.45) is 0 Å². The number of fused-ring (bicyclic) bond motifs is 1. The maximum Gasteiger partial charge on any atom is 0.255 e. The minimum Gasteiger partial charge on any atom is -0.321 e. The number of carbonyl (C=O) groups is 1. The van der Waals surface area contributed by atoms with Gasteiger partial charge in [-0.1, -0.05) is 53.7 Å². The molecule has 1 N–H and O–H groups in total. The van der Waals surface area contributed by atoms with Crippen molar-refractivity contribution in [1.82, 2.24) is 4.98 Å². The third-order valence-electron chi connectivity index (χ3n) is 4.68. The Hall–Kier alpha value is -3.33. The molecule has 0 fully saturated rings. The van der Waals surface area contributed by atoms with Gasteiger partial charge in [0.2, 0.25) is 0 Å². The predicted molar refractivity (Wildman–Crippen MR) is 121 cm³/mol. The van der Waals surface area contributed by atoms with Crippen LogP contribution in [0.5, 0.6) is 0 Å². The SMILES string of the molecule is Cc1c(C#N)c(Sc2ccccc2NC(=O)c2ccc(Cl)cc2)nc2ccccc12. The third kappa shape index (κ3) is 4.02. The number of rotatable bonds is 4. The number of halogens is 1. The van der Waals surface area contributed by atoms with Crippen LogP contribution < -0.4 is 5.32 Å². The van der Waals surface area contributed by atoms with E-state index in [0.717, 1.165) is 21.4 Å². The minimum absolute atomic E-state index is 0.233. The summed E-state index contributed by atoms with van der Waals surface area (Å²) in [6.07, 6.45) is 0. The van der Waals surface area contributed by atoms with Gasteiger partial charge in [-0.15, -0.1) is 0 Å². The first-order chi connectivity index (χ1) is 14.6. The van der Waals surface area contributed by atoms with Crippen LogP contribution in [0.2, 0.25) is 5.02 Å². The van der Waals surface area contributed by atoms with Gasteiger partial charge in [0.15, 0.2) is 0 Å². The number of amides is 1. The second kappa shape index (κ2) is 8.58. The van der Waals surface area contributed by atoms with E-state index in [1.807, 2.05) is 55.5 Å². The summed E-state index contributed by atoms with van der Waals surface area (Å²) in [4.78, 5) is 18.2. The maximum absolute atomic E-state index is 12.7. The molecule has 30 heavy (non-hydrogen) atoms. The molecule has 4 rings (SSSR count). The van der Waals surface area contributed by atoms with Gasteiger partial charge in [0, 0.05) is 20.9 Å².